The molecule has 0 bridgehead atoms. The number of benzene rings is 5. The molecule has 6 rings (SSSR count). The van der Waals surface area contributed by atoms with E-state index in [1.807, 2.05) is 0 Å². The third-order valence-corrected chi connectivity index (χ3v) is 11.9. The molecule has 0 aromatic heterocycles. The third kappa shape index (κ3) is 5.65. The summed E-state index contributed by atoms with van der Waals surface area (Å²) in [6.45, 7) is 2.33. The SMILES string of the molecule is CC1=Cc2ccccc2[CH]1[Zr][C](=C(C(=Cc1ccccc1)c1ccccc1)c1ccccc1)c1ccccc1. The Morgan fingerprint density at radius 2 is 1.08 bits per heavy atom. The van der Waals surface area contributed by atoms with Crippen LogP contribution in [-0.2, 0) is 23.2 Å². The Morgan fingerprint density at radius 1 is 0.564 bits per heavy atom. The van der Waals surface area contributed by atoms with E-state index in [9.17, 15) is 0 Å². The molecule has 5 aromatic carbocycles. The molecular weight excluding hydrogens is 548 g/mol. The number of hydrogen-bond donors (Lipinski definition) is 0. The fourth-order valence-electron chi connectivity index (χ4n) is 5.39. The number of hydrogen-bond acceptors (Lipinski definition) is 0. The molecule has 1 atom stereocenters. The van der Waals surface area contributed by atoms with Crippen molar-refractivity contribution in [1.82, 2.24) is 0 Å². The van der Waals surface area contributed by atoms with Crippen LogP contribution in [0, 0.1) is 0 Å². The van der Waals surface area contributed by atoms with Gasteiger partial charge in [0.1, 0.15) is 0 Å². The summed E-state index contributed by atoms with van der Waals surface area (Å²) < 4.78 is 2.04. The fraction of sp³-hybridized carbons (Fsp3) is 0.0526. The molecule has 186 valence electrons. The van der Waals surface area contributed by atoms with Crippen LogP contribution in [0.25, 0.3) is 26.6 Å². The van der Waals surface area contributed by atoms with E-state index in [0.717, 1.165) is 0 Å². The van der Waals surface area contributed by atoms with Gasteiger partial charge in [-0.1, -0.05) is 0 Å². The standard InChI is InChI=1S/C28H21.C10H9.Zr/c1-5-13-23(14-6-1)21-27(25-17-9-3-10-18-25)28(26-19-11-4-12-20-26)22-24-15-7-2-8-16-24;1-8-6-9-4-2-3-5-10(9)7-8;/h1-21H;2-7H,1H3;. The van der Waals surface area contributed by atoms with Gasteiger partial charge in [-0.25, -0.2) is 0 Å². The van der Waals surface area contributed by atoms with Gasteiger partial charge in [0.2, 0.25) is 0 Å². The van der Waals surface area contributed by atoms with E-state index >= 15 is 0 Å². The normalized spacial score (nSPS) is 15.3. The molecule has 0 radical (unpaired) electrons. The Kier molecular flexibility index (Phi) is 7.80. The van der Waals surface area contributed by atoms with Crippen molar-refractivity contribution in [2.75, 3.05) is 0 Å². The first kappa shape index (κ1) is 25.5. The second-order valence-corrected chi connectivity index (χ2v) is 13.3. The van der Waals surface area contributed by atoms with Gasteiger partial charge in [0, 0.05) is 0 Å². The molecule has 1 aliphatic rings. The zero-order chi connectivity index (χ0) is 26.4. The average Bonchev–Trinajstić information content (AvgIpc) is 3.32. The first-order chi connectivity index (χ1) is 19.3. The summed E-state index contributed by atoms with van der Waals surface area (Å²) in [4.78, 5) is 0. The molecule has 0 nitrogen and oxygen atoms in total. The van der Waals surface area contributed by atoms with Gasteiger partial charge < -0.3 is 0 Å². The van der Waals surface area contributed by atoms with Gasteiger partial charge in [0.05, 0.1) is 0 Å². The van der Waals surface area contributed by atoms with Crippen molar-refractivity contribution in [3.63, 3.8) is 0 Å². The first-order valence-electron chi connectivity index (χ1n) is 13.5. The van der Waals surface area contributed by atoms with Gasteiger partial charge in [0.15, 0.2) is 0 Å². The predicted molar refractivity (Wildman–Crippen MR) is 163 cm³/mol. The zero-order valence-electron chi connectivity index (χ0n) is 22.1. The van der Waals surface area contributed by atoms with E-state index in [-0.39, 0.29) is 0 Å². The molecular formula is C38H30Zr. The Labute approximate surface area is 243 Å². The van der Waals surface area contributed by atoms with Gasteiger partial charge in [-0.2, -0.15) is 0 Å². The van der Waals surface area contributed by atoms with Crippen LogP contribution in [0.2, 0.25) is 0 Å². The van der Waals surface area contributed by atoms with Gasteiger partial charge >= 0.3 is 245 Å². The van der Waals surface area contributed by atoms with E-state index in [1.54, 1.807) is 0 Å². The fourth-order valence-corrected chi connectivity index (χ4v) is 9.75. The van der Waals surface area contributed by atoms with Gasteiger partial charge in [-0.15, -0.1) is 0 Å². The molecule has 0 amide bonds. The quantitative estimate of drug-likeness (QED) is 0.133. The Balaban J connectivity index is 1.65. The van der Waals surface area contributed by atoms with Crippen LogP contribution in [0.1, 0.15) is 43.9 Å². The van der Waals surface area contributed by atoms with Crippen LogP contribution in [0.5, 0.6) is 0 Å². The van der Waals surface area contributed by atoms with Crippen LogP contribution in [-0.4, -0.2) is 0 Å². The first-order valence-corrected chi connectivity index (χ1v) is 16.1. The maximum atomic E-state index is 2.41. The van der Waals surface area contributed by atoms with Crippen molar-refractivity contribution in [1.29, 1.82) is 0 Å². The van der Waals surface area contributed by atoms with Gasteiger partial charge in [-0.05, 0) is 0 Å². The summed E-state index contributed by atoms with van der Waals surface area (Å²) in [5.74, 6) is 0. The molecule has 0 saturated carbocycles. The van der Waals surface area contributed by atoms with Crippen molar-refractivity contribution in [3.05, 3.63) is 185 Å². The van der Waals surface area contributed by atoms with Crippen molar-refractivity contribution in [2.24, 2.45) is 0 Å². The van der Waals surface area contributed by atoms with Gasteiger partial charge in [-0.3, -0.25) is 0 Å². The Morgan fingerprint density at radius 3 is 1.72 bits per heavy atom. The second-order valence-electron chi connectivity index (χ2n) is 9.91. The molecule has 0 aliphatic heterocycles. The minimum absolute atomic E-state index is 0.507. The van der Waals surface area contributed by atoms with E-state index in [0.29, 0.717) is 3.63 Å². The summed E-state index contributed by atoms with van der Waals surface area (Å²) in [5.41, 5.74) is 12.1. The Hall–Kier alpha value is -3.80. The second kappa shape index (κ2) is 11.9. The molecule has 0 N–H and O–H groups in total. The molecule has 39 heavy (non-hydrogen) atoms. The van der Waals surface area contributed by atoms with Crippen molar-refractivity contribution >= 4 is 26.6 Å². The predicted octanol–water partition coefficient (Wildman–Crippen LogP) is 10.0. The van der Waals surface area contributed by atoms with E-state index < -0.39 is 23.2 Å². The number of fused-ring (bicyclic) bond motifs is 1. The minimum atomic E-state index is -1.20. The molecule has 0 spiro atoms. The molecule has 0 saturated heterocycles. The Bertz CT molecular complexity index is 1640. The summed E-state index contributed by atoms with van der Waals surface area (Å²) in [6, 6.07) is 52.8. The number of allylic oxidation sites excluding steroid dienone is 3. The summed E-state index contributed by atoms with van der Waals surface area (Å²) in [5, 5.41) is 0. The van der Waals surface area contributed by atoms with Crippen LogP contribution in [0.3, 0.4) is 0 Å². The van der Waals surface area contributed by atoms with Crippen molar-refractivity contribution < 1.29 is 23.2 Å². The van der Waals surface area contributed by atoms with Gasteiger partial charge in [0.25, 0.3) is 0 Å². The van der Waals surface area contributed by atoms with Crippen molar-refractivity contribution in [2.45, 2.75) is 10.5 Å². The summed E-state index contributed by atoms with van der Waals surface area (Å²) in [7, 11) is 0. The van der Waals surface area contributed by atoms with Crippen LogP contribution >= 0.6 is 0 Å². The molecule has 0 fully saturated rings. The molecule has 1 aliphatic carbocycles. The third-order valence-electron chi connectivity index (χ3n) is 7.27. The van der Waals surface area contributed by atoms with Crippen LogP contribution in [0.4, 0.5) is 0 Å². The zero-order valence-corrected chi connectivity index (χ0v) is 24.5. The van der Waals surface area contributed by atoms with Crippen LogP contribution < -0.4 is 0 Å². The topological polar surface area (TPSA) is 0 Å². The average molecular weight is 578 g/mol. The van der Waals surface area contributed by atoms with Crippen molar-refractivity contribution in [3.8, 4) is 0 Å². The van der Waals surface area contributed by atoms with E-state index in [1.165, 1.54) is 53.4 Å². The molecule has 5 aromatic rings. The maximum absolute atomic E-state index is 2.41. The number of rotatable bonds is 7. The molecule has 0 heterocycles. The van der Waals surface area contributed by atoms with E-state index in [4.69, 9.17) is 0 Å². The summed E-state index contributed by atoms with van der Waals surface area (Å²) >= 11 is -1.20. The van der Waals surface area contributed by atoms with E-state index in [2.05, 4.69) is 165 Å². The molecule has 1 unspecified atom stereocenters. The van der Waals surface area contributed by atoms with Crippen LogP contribution in [0.15, 0.2) is 151 Å². The molecule has 1 heteroatoms. The summed E-state index contributed by atoms with van der Waals surface area (Å²) in [6.07, 6.45) is 4.79. The monoisotopic (exact) mass is 576 g/mol.